The minimum absolute atomic E-state index is 0. The monoisotopic (exact) mass is 442 g/mol. The van der Waals surface area contributed by atoms with Crippen LogP contribution < -0.4 is 39.6 Å². The SMILES string of the molecule is CC(C)c1ccc(-c2csc(N(Cc3ccccc3C(=O)[O-])C3CCCC3)n2)cc1.[Na+]. The standard InChI is InChI=1S/C25H28N2O2S.Na/c1-17(2)18-11-13-19(14-12-18)23-16-30-25(26-23)27(21-8-4-5-9-21)15-20-7-3-6-10-22(20)24(28)29;/h3,6-7,10-14,16-17,21H,4-5,8-9,15H2,1-2H3,(H,28,29);/q;+1/p-1. The minimum Gasteiger partial charge on any atom is -0.545 e. The Hall–Kier alpha value is -1.66. The molecule has 3 aromatic rings. The molecule has 1 aliphatic rings. The van der Waals surface area contributed by atoms with Crippen LogP contribution in [0.25, 0.3) is 11.3 Å². The Kier molecular flexibility index (Phi) is 8.34. The molecule has 0 atom stereocenters. The first-order valence-electron chi connectivity index (χ1n) is 10.6. The summed E-state index contributed by atoms with van der Waals surface area (Å²) in [6.45, 7) is 4.92. The number of aromatic nitrogens is 1. The Morgan fingerprint density at radius 1 is 1.13 bits per heavy atom. The first-order valence-corrected chi connectivity index (χ1v) is 11.5. The van der Waals surface area contributed by atoms with Crippen LogP contribution in [-0.2, 0) is 6.54 Å². The average Bonchev–Trinajstić information content (AvgIpc) is 3.45. The maximum absolute atomic E-state index is 11.6. The van der Waals surface area contributed by atoms with Gasteiger partial charge in [0.15, 0.2) is 5.13 Å². The molecule has 31 heavy (non-hydrogen) atoms. The minimum atomic E-state index is -1.12. The zero-order chi connectivity index (χ0) is 21.1. The van der Waals surface area contributed by atoms with Gasteiger partial charge in [-0.1, -0.05) is 75.2 Å². The normalized spacial score (nSPS) is 13.9. The van der Waals surface area contributed by atoms with E-state index in [0.29, 0.717) is 18.5 Å². The number of benzene rings is 2. The van der Waals surface area contributed by atoms with Gasteiger partial charge in [0.2, 0.25) is 0 Å². The zero-order valence-electron chi connectivity index (χ0n) is 18.5. The maximum Gasteiger partial charge on any atom is 1.00 e. The second kappa shape index (κ2) is 10.8. The van der Waals surface area contributed by atoms with Gasteiger partial charge in [-0.25, -0.2) is 4.98 Å². The summed E-state index contributed by atoms with van der Waals surface area (Å²) >= 11 is 1.64. The fourth-order valence-electron chi connectivity index (χ4n) is 4.18. The van der Waals surface area contributed by atoms with Crippen molar-refractivity contribution in [1.29, 1.82) is 0 Å². The van der Waals surface area contributed by atoms with E-state index in [1.807, 2.05) is 12.1 Å². The largest absolute Gasteiger partial charge is 1.00 e. The van der Waals surface area contributed by atoms with Crippen molar-refractivity contribution >= 4 is 22.4 Å². The van der Waals surface area contributed by atoms with Crippen molar-refractivity contribution in [3.8, 4) is 11.3 Å². The molecule has 0 unspecified atom stereocenters. The third-order valence-electron chi connectivity index (χ3n) is 5.95. The van der Waals surface area contributed by atoms with Gasteiger partial charge in [-0.2, -0.15) is 0 Å². The number of hydrogen-bond acceptors (Lipinski definition) is 5. The summed E-state index contributed by atoms with van der Waals surface area (Å²) in [6, 6.07) is 16.1. The van der Waals surface area contributed by atoms with E-state index in [1.54, 1.807) is 23.5 Å². The van der Waals surface area contributed by atoms with Gasteiger partial charge >= 0.3 is 29.6 Å². The summed E-state index contributed by atoms with van der Waals surface area (Å²) in [5.74, 6) is -0.617. The fourth-order valence-corrected chi connectivity index (χ4v) is 5.08. The van der Waals surface area contributed by atoms with Gasteiger partial charge in [-0.3, -0.25) is 0 Å². The molecule has 0 bridgehead atoms. The number of carbonyl (C=O) groups excluding carboxylic acids is 1. The number of carboxylic acids is 1. The summed E-state index contributed by atoms with van der Waals surface area (Å²) in [5, 5.41) is 14.6. The van der Waals surface area contributed by atoms with Gasteiger partial charge in [0.1, 0.15) is 0 Å². The number of thiazole rings is 1. The van der Waals surface area contributed by atoms with Crippen LogP contribution in [0.2, 0.25) is 0 Å². The molecule has 1 saturated carbocycles. The predicted molar refractivity (Wildman–Crippen MR) is 121 cm³/mol. The summed E-state index contributed by atoms with van der Waals surface area (Å²) in [6.07, 6.45) is 4.65. The van der Waals surface area contributed by atoms with Gasteiger partial charge in [0.25, 0.3) is 0 Å². The molecule has 4 rings (SSSR count). The molecular formula is C25H27N2NaO2S. The first-order chi connectivity index (χ1) is 14.5. The van der Waals surface area contributed by atoms with E-state index < -0.39 is 5.97 Å². The van der Waals surface area contributed by atoms with Crippen molar-refractivity contribution in [2.45, 2.75) is 58.0 Å². The topological polar surface area (TPSA) is 56.3 Å². The number of carboxylic acid groups (broad SMARTS) is 1. The van der Waals surface area contributed by atoms with Gasteiger partial charge in [-0.05, 0) is 29.9 Å². The van der Waals surface area contributed by atoms with E-state index in [9.17, 15) is 9.90 Å². The molecule has 0 spiro atoms. The quantitative estimate of drug-likeness (QED) is 0.527. The number of carbonyl (C=O) groups is 1. The molecule has 0 amide bonds. The molecule has 1 fully saturated rings. The van der Waals surface area contributed by atoms with Crippen LogP contribution in [-0.4, -0.2) is 17.0 Å². The Balaban J connectivity index is 0.00000272. The van der Waals surface area contributed by atoms with E-state index in [1.165, 1.54) is 18.4 Å². The second-order valence-electron chi connectivity index (χ2n) is 8.30. The molecule has 0 radical (unpaired) electrons. The molecular weight excluding hydrogens is 415 g/mol. The summed E-state index contributed by atoms with van der Waals surface area (Å²) in [7, 11) is 0. The van der Waals surface area contributed by atoms with E-state index in [2.05, 4.69) is 48.4 Å². The van der Waals surface area contributed by atoms with Gasteiger partial charge in [-0.15, -0.1) is 11.3 Å². The second-order valence-corrected chi connectivity index (χ2v) is 9.14. The Labute approximate surface area is 210 Å². The number of aromatic carboxylic acids is 1. The van der Waals surface area contributed by atoms with E-state index in [0.717, 1.165) is 34.8 Å². The smallest absolute Gasteiger partial charge is 0.545 e. The summed E-state index contributed by atoms with van der Waals surface area (Å²) in [5.41, 5.74) is 4.45. The van der Waals surface area contributed by atoms with Crippen LogP contribution in [0.5, 0.6) is 0 Å². The van der Waals surface area contributed by atoms with Crippen LogP contribution in [0.4, 0.5) is 5.13 Å². The van der Waals surface area contributed by atoms with E-state index >= 15 is 0 Å². The molecule has 0 N–H and O–H groups in total. The summed E-state index contributed by atoms with van der Waals surface area (Å²) < 4.78 is 0. The number of anilines is 1. The van der Waals surface area contributed by atoms with Crippen molar-refractivity contribution in [2.75, 3.05) is 4.90 Å². The zero-order valence-corrected chi connectivity index (χ0v) is 21.3. The molecule has 0 saturated heterocycles. The molecule has 0 aliphatic heterocycles. The predicted octanol–water partition coefficient (Wildman–Crippen LogP) is 2.25. The van der Waals surface area contributed by atoms with Crippen LogP contribution >= 0.6 is 11.3 Å². The number of rotatable bonds is 7. The van der Waals surface area contributed by atoms with Gasteiger partial charge < -0.3 is 14.8 Å². The van der Waals surface area contributed by atoms with Crippen molar-refractivity contribution in [2.24, 2.45) is 0 Å². The van der Waals surface area contributed by atoms with Crippen LogP contribution in [0, 0.1) is 0 Å². The van der Waals surface area contributed by atoms with E-state index in [4.69, 9.17) is 4.98 Å². The molecule has 1 aromatic heterocycles. The molecule has 4 nitrogen and oxygen atoms in total. The molecule has 6 heteroatoms. The van der Waals surface area contributed by atoms with Crippen LogP contribution in [0.3, 0.4) is 0 Å². The Morgan fingerprint density at radius 3 is 2.45 bits per heavy atom. The van der Waals surface area contributed by atoms with Crippen molar-refractivity contribution in [3.63, 3.8) is 0 Å². The average molecular weight is 443 g/mol. The molecule has 1 heterocycles. The fraction of sp³-hybridized carbons (Fsp3) is 0.360. The summed E-state index contributed by atoms with van der Waals surface area (Å²) in [4.78, 5) is 18.8. The maximum atomic E-state index is 11.6. The van der Waals surface area contributed by atoms with Crippen molar-refractivity contribution in [3.05, 3.63) is 70.6 Å². The Morgan fingerprint density at radius 2 is 1.81 bits per heavy atom. The van der Waals surface area contributed by atoms with Crippen molar-refractivity contribution in [1.82, 2.24) is 4.98 Å². The van der Waals surface area contributed by atoms with Gasteiger partial charge in [0.05, 0.1) is 11.7 Å². The van der Waals surface area contributed by atoms with Crippen LogP contribution in [0.15, 0.2) is 53.9 Å². The van der Waals surface area contributed by atoms with E-state index in [-0.39, 0.29) is 35.1 Å². The van der Waals surface area contributed by atoms with Crippen LogP contribution in [0.1, 0.15) is 66.9 Å². The number of nitrogens with zero attached hydrogens (tertiary/aromatic N) is 2. The van der Waals surface area contributed by atoms with Gasteiger partial charge in [0, 0.05) is 29.1 Å². The molecule has 2 aromatic carbocycles. The third kappa shape index (κ3) is 5.58. The third-order valence-corrected chi connectivity index (χ3v) is 6.83. The first kappa shape index (κ1) is 24.0. The Bertz CT molecular complexity index is 1010. The molecule has 156 valence electrons. The molecule has 1 aliphatic carbocycles. The number of hydrogen-bond donors (Lipinski definition) is 0. The van der Waals surface area contributed by atoms with Crippen molar-refractivity contribution < 1.29 is 39.5 Å².